The Balaban J connectivity index is 1.90. The van der Waals surface area contributed by atoms with Crippen LogP contribution in [0, 0.1) is 5.92 Å². The number of likely N-dealkylation sites (tertiary alicyclic amines) is 1. The Bertz CT molecular complexity index is 461. The van der Waals surface area contributed by atoms with Gasteiger partial charge in [-0.25, -0.2) is 0 Å². The Morgan fingerprint density at radius 1 is 1.37 bits per heavy atom. The van der Waals surface area contributed by atoms with Crippen LogP contribution in [0.15, 0.2) is 16.5 Å². The highest BCUT2D eigenvalue weighted by atomic mass is 16.4. The van der Waals surface area contributed by atoms with Crippen LogP contribution in [-0.2, 0) is 11.3 Å². The molecule has 1 aromatic heterocycles. The summed E-state index contributed by atoms with van der Waals surface area (Å²) in [4.78, 5) is 24.5. The molecule has 1 aromatic rings. The minimum Gasteiger partial charge on any atom is -0.481 e. The minimum absolute atomic E-state index is 0.145. The van der Waals surface area contributed by atoms with E-state index in [1.807, 2.05) is 0 Å². The van der Waals surface area contributed by atoms with E-state index in [2.05, 4.69) is 0 Å². The van der Waals surface area contributed by atoms with E-state index in [9.17, 15) is 9.59 Å². The van der Waals surface area contributed by atoms with Crippen LogP contribution >= 0.6 is 0 Å². The van der Waals surface area contributed by atoms with Gasteiger partial charge < -0.3 is 20.2 Å². The second kappa shape index (κ2) is 5.88. The number of nitrogens with zero attached hydrogens (tertiary/aromatic N) is 1. The maximum Gasteiger partial charge on any atom is 0.303 e. The van der Waals surface area contributed by atoms with Crippen LogP contribution in [0.1, 0.15) is 35.6 Å². The van der Waals surface area contributed by atoms with Gasteiger partial charge in [0.2, 0.25) is 0 Å². The number of carboxylic acid groups (broad SMARTS) is 1. The summed E-state index contributed by atoms with van der Waals surface area (Å²) in [6, 6.07) is 3.33. The molecule has 1 aliphatic rings. The average molecular weight is 266 g/mol. The highest BCUT2D eigenvalue weighted by molar-refractivity contribution is 5.91. The minimum atomic E-state index is -0.775. The molecule has 2 heterocycles. The maximum atomic E-state index is 12.1. The molecule has 1 saturated heterocycles. The molecule has 1 aliphatic heterocycles. The van der Waals surface area contributed by atoms with Gasteiger partial charge in [-0.2, -0.15) is 0 Å². The summed E-state index contributed by atoms with van der Waals surface area (Å²) in [7, 11) is 0. The zero-order chi connectivity index (χ0) is 13.8. The van der Waals surface area contributed by atoms with Gasteiger partial charge in [-0.05, 0) is 30.9 Å². The quantitative estimate of drug-likeness (QED) is 0.849. The molecule has 104 valence electrons. The van der Waals surface area contributed by atoms with Crippen molar-refractivity contribution in [1.82, 2.24) is 4.90 Å². The predicted molar refractivity (Wildman–Crippen MR) is 67.5 cm³/mol. The number of carbonyl (C=O) groups excluding carboxylic acids is 1. The van der Waals surface area contributed by atoms with Crippen molar-refractivity contribution in [3.63, 3.8) is 0 Å². The summed E-state index contributed by atoms with van der Waals surface area (Å²) < 4.78 is 5.33. The summed E-state index contributed by atoms with van der Waals surface area (Å²) >= 11 is 0. The molecule has 0 bridgehead atoms. The monoisotopic (exact) mass is 266 g/mol. The largest absolute Gasteiger partial charge is 0.481 e. The number of rotatable bonds is 4. The molecule has 1 amide bonds. The fourth-order valence-corrected chi connectivity index (χ4v) is 2.35. The Morgan fingerprint density at radius 3 is 2.58 bits per heavy atom. The Labute approximate surface area is 111 Å². The summed E-state index contributed by atoms with van der Waals surface area (Å²) in [5.74, 6) is 0.135. The van der Waals surface area contributed by atoms with Gasteiger partial charge in [-0.15, -0.1) is 0 Å². The smallest absolute Gasteiger partial charge is 0.303 e. The first-order chi connectivity index (χ1) is 9.10. The molecule has 3 N–H and O–H groups in total. The molecule has 0 saturated carbocycles. The number of carboxylic acids is 1. The predicted octanol–water partition coefficient (Wildman–Crippen LogP) is 1.07. The first-order valence-corrected chi connectivity index (χ1v) is 6.40. The van der Waals surface area contributed by atoms with Crippen LogP contribution in [0.2, 0.25) is 0 Å². The first kappa shape index (κ1) is 13.6. The van der Waals surface area contributed by atoms with Crippen molar-refractivity contribution in [1.29, 1.82) is 0 Å². The molecule has 19 heavy (non-hydrogen) atoms. The highest BCUT2D eigenvalue weighted by Crippen LogP contribution is 2.22. The van der Waals surface area contributed by atoms with Crippen LogP contribution in [0.4, 0.5) is 0 Å². The third kappa shape index (κ3) is 3.35. The van der Waals surface area contributed by atoms with E-state index >= 15 is 0 Å². The van der Waals surface area contributed by atoms with Crippen molar-refractivity contribution in [3.05, 3.63) is 23.7 Å². The summed E-state index contributed by atoms with van der Waals surface area (Å²) in [5, 5.41) is 8.74. The Kier molecular flexibility index (Phi) is 4.21. The van der Waals surface area contributed by atoms with Crippen LogP contribution in [0.25, 0.3) is 0 Å². The van der Waals surface area contributed by atoms with Crippen molar-refractivity contribution in [2.24, 2.45) is 11.7 Å². The van der Waals surface area contributed by atoms with Gasteiger partial charge in [0.1, 0.15) is 5.76 Å². The lowest BCUT2D eigenvalue weighted by molar-refractivity contribution is -0.138. The molecule has 0 atom stereocenters. The summed E-state index contributed by atoms with van der Waals surface area (Å²) in [6.45, 7) is 1.43. The number of furan rings is 1. The van der Waals surface area contributed by atoms with E-state index in [1.165, 1.54) is 0 Å². The SMILES string of the molecule is NCc1ccc(C(=O)N2CCC(CC(=O)O)CC2)o1. The van der Waals surface area contributed by atoms with E-state index in [1.54, 1.807) is 17.0 Å². The molecular formula is C13H18N2O4. The van der Waals surface area contributed by atoms with Crippen molar-refractivity contribution < 1.29 is 19.1 Å². The van der Waals surface area contributed by atoms with Crippen molar-refractivity contribution in [2.45, 2.75) is 25.8 Å². The normalized spacial score (nSPS) is 16.6. The van der Waals surface area contributed by atoms with Crippen LogP contribution < -0.4 is 5.73 Å². The van der Waals surface area contributed by atoms with E-state index in [4.69, 9.17) is 15.3 Å². The van der Waals surface area contributed by atoms with E-state index in [0.717, 1.165) is 12.8 Å². The number of piperidine rings is 1. The van der Waals surface area contributed by atoms with Crippen LogP contribution in [-0.4, -0.2) is 35.0 Å². The number of nitrogens with two attached hydrogens (primary N) is 1. The van der Waals surface area contributed by atoms with Crippen molar-refractivity contribution >= 4 is 11.9 Å². The fraction of sp³-hybridized carbons (Fsp3) is 0.538. The standard InChI is InChI=1S/C13H18N2O4/c14-8-10-1-2-11(19-10)13(18)15-5-3-9(4-6-15)7-12(16)17/h1-2,9H,3-8,14H2,(H,16,17). The number of carbonyl (C=O) groups is 2. The van der Waals surface area contributed by atoms with Gasteiger partial charge in [-0.3, -0.25) is 9.59 Å². The molecule has 2 rings (SSSR count). The average Bonchev–Trinajstić information content (AvgIpc) is 2.87. The van der Waals surface area contributed by atoms with Crippen molar-refractivity contribution in [3.8, 4) is 0 Å². The first-order valence-electron chi connectivity index (χ1n) is 6.40. The van der Waals surface area contributed by atoms with Gasteiger partial charge in [0.05, 0.1) is 6.54 Å². The van der Waals surface area contributed by atoms with Crippen LogP contribution in [0.5, 0.6) is 0 Å². The van der Waals surface area contributed by atoms with Gasteiger partial charge in [0.25, 0.3) is 5.91 Å². The zero-order valence-electron chi connectivity index (χ0n) is 10.7. The zero-order valence-corrected chi connectivity index (χ0v) is 10.7. The van der Waals surface area contributed by atoms with E-state index < -0.39 is 5.97 Å². The third-order valence-electron chi connectivity index (χ3n) is 3.44. The molecule has 6 heteroatoms. The molecule has 1 fully saturated rings. The summed E-state index contributed by atoms with van der Waals surface area (Å²) in [5.41, 5.74) is 5.43. The maximum absolute atomic E-state index is 12.1. The van der Waals surface area contributed by atoms with Gasteiger partial charge >= 0.3 is 5.97 Å². The van der Waals surface area contributed by atoms with Crippen molar-refractivity contribution in [2.75, 3.05) is 13.1 Å². The second-order valence-electron chi connectivity index (χ2n) is 4.80. The molecule has 0 radical (unpaired) electrons. The fourth-order valence-electron chi connectivity index (χ4n) is 2.35. The topological polar surface area (TPSA) is 96.8 Å². The lowest BCUT2D eigenvalue weighted by Crippen LogP contribution is -2.38. The van der Waals surface area contributed by atoms with Gasteiger partial charge in [-0.1, -0.05) is 0 Å². The van der Waals surface area contributed by atoms with Crippen LogP contribution in [0.3, 0.4) is 0 Å². The Hall–Kier alpha value is -1.82. The van der Waals surface area contributed by atoms with E-state index in [0.29, 0.717) is 24.6 Å². The number of hydrogen-bond donors (Lipinski definition) is 2. The molecule has 0 unspecified atom stereocenters. The molecule has 0 aliphatic carbocycles. The van der Waals surface area contributed by atoms with Gasteiger partial charge in [0, 0.05) is 19.5 Å². The highest BCUT2D eigenvalue weighted by Gasteiger charge is 2.26. The second-order valence-corrected chi connectivity index (χ2v) is 4.80. The number of hydrogen-bond acceptors (Lipinski definition) is 4. The van der Waals surface area contributed by atoms with Gasteiger partial charge in [0.15, 0.2) is 5.76 Å². The third-order valence-corrected chi connectivity index (χ3v) is 3.44. The molecule has 0 spiro atoms. The molecule has 0 aromatic carbocycles. The lowest BCUT2D eigenvalue weighted by atomic mass is 9.93. The number of aliphatic carboxylic acids is 1. The summed E-state index contributed by atoms with van der Waals surface area (Å²) in [6.07, 6.45) is 1.63. The Morgan fingerprint density at radius 2 is 2.05 bits per heavy atom. The lowest BCUT2D eigenvalue weighted by Gasteiger charge is -2.30. The van der Waals surface area contributed by atoms with E-state index in [-0.39, 0.29) is 24.8 Å². The number of amides is 1. The molecule has 6 nitrogen and oxygen atoms in total. The molecular weight excluding hydrogens is 248 g/mol.